The first-order valence-electron chi connectivity index (χ1n) is 7.12. The number of hydrogen-bond donors (Lipinski definition) is 2. The zero-order chi connectivity index (χ0) is 14.8. The van der Waals surface area contributed by atoms with E-state index in [1.54, 1.807) is 12.4 Å². The second kappa shape index (κ2) is 9.25. The van der Waals surface area contributed by atoms with Gasteiger partial charge in [-0.05, 0) is 33.5 Å². The molecular formula is C14H25N5O. The normalized spacial score (nSPS) is 10.6. The molecule has 1 aromatic rings. The summed E-state index contributed by atoms with van der Waals surface area (Å²) in [5.74, 6) is 0.450. The molecule has 20 heavy (non-hydrogen) atoms. The third-order valence-electron chi connectivity index (χ3n) is 2.80. The topological polar surface area (TPSA) is 70.2 Å². The van der Waals surface area contributed by atoms with Crippen molar-refractivity contribution in [3.8, 4) is 0 Å². The number of carbonyl (C=O) groups is 1. The third kappa shape index (κ3) is 6.47. The molecule has 6 heteroatoms. The Kier molecular flexibility index (Phi) is 7.57. The van der Waals surface area contributed by atoms with Gasteiger partial charge in [-0.15, -0.1) is 0 Å². The molecule has 1 aromatic heterocycles. The number of unbranched alkanes of at least 4 members (excludes halogenated alkanes) is 1. The van der Waals surface area contributed by atoms with Gasteiger partial charge in [-0.1, -0.05) is 13.3 Å². The lowest BCUT2D eigenvalue weighted by Gasteiger charge is -2.10. The zero-order valence-electron chi connectivity index (χ0n) is 12.6. The van der Waals surface area contributed by atoms with Gasteiger partial charge in [-0.25, -0.2) is 9.97 Å². The molecule has 6 nitrogen and oxygen atoms in total. The quantitative estimate of drug-likeness (QED) is 0.668. The molecule has 112 valence electrons. The van der Waals surface area contributed by atoms with Crippen LogP contribution in [0, 0.1) is 0 Å². The van der Waals surface area contributed by atoms with E-state index >= 15 is 0 Å². The van der Waals surface area contributed by atoms with Gasteiger partial charge in [-0.3, -0.25) is 4.79 Å². The highest BCUT2D eigenvalue weighted by molar-refractivity contribution is 5.93. The van der Waals surface area contributed by atoms with Crippen LogP contribution in [0.3, 0.4) is 0 Å². The van der Waals surface area contributed by atoms with Crippen molar-refractivity contribution in [3.63, 3.8) is 0 Å². The molecule has 1 heterocycles. The summed E-state index contributed by atoms with van der Waals surface area (Å²) >= 11 is 0. The van der Waals surface area contributed by atoms with Crippen molar-refractivity contribution in [1.29, 1.82) is 0 Å². The van der Waals surface area contributed by atoms with Crippen molar-refractivity contribution in [2.24, 2.45) is 0 Å². The molecule has 0 aromatic carbocycles. The molecule has 2 N–H and O–H groups in total. The van der Waals surface area contributed by atoms with Crippen LogP contribution in [0.25, 0.3) is 0 Å². The van der Waals surface area contributed by atoms with Gasteiger partial charge in [0.25, 0.3) is 5.91 Å². The van der Waals surface area contributed by atoms with Crippen LogP contribution in [0.15, 0.2) is 12.4 Å². The number of carbonyl (C=O) groups excluding carboxylic acids is 1. The Morgan fingerprint density at radius 2 is 1.90 bits per heavy atom. The van der Waals surface area contributed by atoms with Crippen LogP contribution in [0.4, 0.5) is 5.95 Å². The molecule has 0 radical (unpaired) electrons. The summed E-state index contributed by atoms with van der Waals surface area (Å²) in [5.41, 5.74) is 0.496. The molecule has 0 unspecified atom stereocenters. The first-order valence-corrected chi connectivity index (χ1v) is 7.12. The summed E-state index contributed by atoms with van der Waals surface area (Å²) in [6.07, 6.45) is 6.25. The molecule has 1 amide bonds. The van der Waals surface area contributed by atoms with Crippen LogP contribution in [0.1, 0.15) is 36.5 Å². The first-order chi connectivity index (χ1) is 9.63. The molecule has 0 saturated carbocycles. The largest absolute Gasteiger partial charge is 0.354 e. The average Bonchev–Trinajstić information content (AvgIpc) is 2.44. The Morgan fingerprint density at radius 1 is 1.20 bits per heavy atom. The van der Waals surface area contributed by atoms with Crippen LogP contribution in [0.2, 0.25) is 0 Å². The number of amides is 1. The Balaban J connectivity index is 2.33. The fraction of sp³-hybridized carbons (Fsp3) is 0.643. The standard InChI is InChI=1S/C14H25N5O/c1-4-5-7-16-14-17-10-12(11-18-14)13(20)15-8-6-9-19(2)3/h10-11H,4-9H2,1-3H3,(H,15,20)(H,16,17,18). The number of anilines is 1. The predicted octanol–water partition coefficient (Wildman–Crippen LogP) is 1.37. The van der Waals surface area contributed by atoms with Crippen molar-refractivity contribution in [3.05, 3.63) is 18.0 Å². The van der Waals surface area contributed by atoms with Crippen LogP contribution < -0.4 is 10.6 Å². The predicted molar refractivity (Wildman–Crippen MR) is 80.9 cm³/mol. The molecule has 0 fully saturated rings. The minimum absolute atomic E-state index is 0.121. The van der Waals surface area contributed by atoms with Gasteiger partial charge in [0.1, 0.15) is 0 Å². The number of hydrogen-bond acceptors (Lipinski definition) is 5. The first kappa shape index (κ1) is 16.4. The summed E-state index contributed by atoms with van der Waals surface area (Å²) in [5, 5.41) is 5.98. The van der Waals surface area contributed by atoms with E-state index in [1.165, 1.54) is 0 Å². The third-order valence-corrected chi connectivity index (χ3v) is 2.80. The molecule has 0 atom stereocenters. The number of aromatic nitrogens is 2. The maximum absolute atomic E-state index is 11.8. The van der Waals surface area contributed by atoms with Crippen molar-refractivity contribution >= 4 is 11.9 Å². The van der Waals surface area contributed by atoms with Gasteiger partial charge in [-0.2, -0.15) is 0 Å². The second-order valence-electron chi connectivity index (χ2n) is 4.99. The summed E-state index contributed by atoms with van der Waals surface area (Å²) in [6.45, 7) is 4.60. The van der Waals surface area contributed by atoms with Crippen molar-refractivity contribution < 1.29 is 4.79 Å². The summed E-state index contributed by atoms with van der Waals surface area (Å²) in [6, 6.07) is 0. The molecule has 0 aliphatic heterocycles. The molecule has 0 saturated heterocycles. The minimum atomic E-state index is -0.121. The van der Waals surface area contributed by atoms with Gasteiger partial charge >= 0.3 is 0 Å². The monoisotopic (exact) mass is 279 g/mol. The average molecular weight is 279 g/mol. The van der Waals surface area contributed by atoms with Crippen molar-refractivity contribution in [1.82, 2.24) is 20.2 Å². The highest BCUT2D eigenvalue weighted by Gasteiger charge is 2.06. The SMILES string of the molecule is CCCCNc1ncc(C(=O)NCCCN(C)C)cn1. The summed E-state index contributed by atoms with van der Waals surface area (Å²) in [7, 11) is 4.03. The van der Waals surface area contributed by atoms with Gasteiger partial charge in [0.2, 0.25) is 5.95 Å². The highest BCUT2D eigenvalue weighted by atomic mass is 16.1. The summed E-state index contributed by atoms with van der Waals surface area (Å²) in [4.78, 5) is 22.2. The Labute approximate surface area is 121 Å². The number of nitrogens with one attached hydrogen (secondary N) is 2. The fourth-order valence-electron chi connectivity index (χ4n) is 1.61. The van der Waals surface area contributed by atoms with Gasteiger partial charge in [0, 0.05) is 25.5 Å². The lowest BCUT2D eigenvalue weighted by Crippen LogP contribution is -2.27. The van der Waals surface area contributed by atoms with Crippen molar-refractivity contribution in [2.75, 3.05) is 39.0 Å². The van der Waals surface area contributed by atoms with Gasteiger partial charge in [0.05, 0.1) is 5.56 Å². The zero-order valence-corrected chi connectivity index (χ0v) is 12.6. The molecular weight excluding hydrogens is 254 g/mol. The smallest absolute Gasteiger partial charge is 0.254 e. The highest BCUT2D eigenvalue weighted by Crippen LogP contribution is 2.01. The van der Waals surface area contributed by atoms with E-state index in [0.717, 1.165) is 32.4 Å². The van der Waals surface area contributed by atoms with E-state index in [1.807, 2.05) is 14.1 Å². The van der Waals surface area contributed by atoms with Gasteiger partial charge in [0.15, 0.2) is 0 Å². The van der Waals surface area contributed by atoms with E-state index in [0.29, 0.717) is 18.1 Å². The Bertz CT molecular complexity index is 391. The number of nitrogens with zero attached hydrogens (tertiary/aromatic N) is 3. The van der Waals surface area contributed by atoms with Crippen LogP contribution >= 0.6 is 0 Å². The molecule has 0 spiro atoms. The Morgan fingerprint density at radius 3 is 2.50 bits per heavy atom. The number of rotatable bonds is 9. The molecule has 0 aliphatic rings. The van der Waals surface area contributed by atoms with E-state index in [4.69, 9.17) is 0 Å². The maximum Gasteiger partial charge on any atom is 0.254 e. The van der Waals surface area contributed by atoms with Crippen LogP contribution in [-0.2, 0) is 0 Å². The summed E-state index contributed by atoms with van der Waals surface area (Å²) < 4.78 is 0. The van der Waals surface area contributed by atoms with E-state index in [2.05, 4.69) is 32.4 Å². The second-order valence-corrected chi connectivity index (χ2v) is 4.99. The van der Waals surface area contributed by atoms with Crippen LogP contribution in [-0.4, -0.2) is 54.5 Å². The van der Waals surface area contributed by atoms with Gasteiger partial charge < -0.3 is 15.5 Å². The fourth-order valence-corrected chi connectivity index (χ4v) is 1.61. The van der Waals surface area contributed by atoms with E-state index in [-0.39, 0.29) is 5.91 Å². The van der Waals surface area contributed by atoms with Crippen molar-refractivity contribution in [2.45, 2.75) is 26.2 Å². The molecule has 0 aliphatic carbocycles. The molecule has 0 bridgehead atoms. The lowest BCUT2D eigenvalue weighted by atomic mass is 10.3. The van der Waals surface area contributed by atoms with E-state index < -0.39 is 0 Å². The Hall–Kier alpha value is -1.69. The maximum atomic E-state index is 11.8. The minimum Gasteiger partial charge on any atom is -0.354 e. The van der Waals surface area contributed by atoms with Crippen LogP contribution in [0.5, 0.6) is 0 Å². The van der Waals surface area contributed by atoms with E-state index in [9.17, 15) is 4.79 Å². The lowest BCUT2D eigenvalue weighted by molar-refractivity contribution is 0.0951. The molecule has 1 rings (SSSR count).